The van der Waals surface area contributed by atoms with E-state index in [2.05, 4.69) is 67.0 Å². The summed E-state index contributed by atoms with van der Waals surface area (Å²) in [7, 11) is 0. The van der Waals surface area contributed by atoms with Crippen LogP contribution in [-0.4, -0.2) is 75.0 Å². The Labute approximate surface area is 270 Å². The molecular weight excluding hydrogens is 596 g/mol. The topological polar surface area (TPSA) is 148 Å². The molecule has 7 rings (SSSR count). The quantitative estimate of drug-likeness (QED) is 0.228. The van der Waals surface area contributed by atoms with E-state index in [0.29, 0.717) is 6.54 Å². The van der Waals surface area contributed by atoms with Gasteiger partial charge in [-0.25, -0.2) is 29.1 Å². The summed E-state index contributed by atoms with van der Waals surface area (Å²) in [4.78, 5) is 39.5. The number of aromatic carboxylic acids is 1. The number of carboxylic acids is 1. The van der Waals surface area contributed by atoms with Gasteiger partial charge in [-0.1, -0.05) is 44.2 Å². The van der Waals surface area contributed by atoms with Crippen molar-refractivity contribution in [1.29, 1.82) is 0 Å². The van der Waals surface area contributed by atoms with Crippen molar-refractivity contribution in [1.82, 2.24) is 44.2 Å². The number of hydrogen-bond acceptors (Lipinski definition) is 8. The zero-order chi connectivity index (χ0) is 32.5. The zero-order valence-corrected chi connectivity index (χ0v) is 26.1. The van der Waals surface area contributed by atoms with Crippen LogP contribution < -0.4 is 10.2 Å². The molecule has 1 amide bonds. The lowest BCUT2D eigenvalue weighted by Gasteiger charge is -2.21. The van der Waals surface area contributed by atoms with Crippen LogP contribution in [0.2, 0.25) is 0 Å². The van der Waals surface area contributed by atoms with Crippen molar-refractivity contribution in [3.63, 3.8) is 0 Å². The van der Waals surface area contributed by atoms with Gasteiger partial charge in [0, 0.05) is 31.0 Å². The highest BCUT2D eigenvalue weighted by Gasteiger charge is 2.28. The van der Waals surface area contributed by atoms with E-state index in [1.807, 2.05) is 54.6 Å². The molecule has 238 valence electrons. The fourth-order valence-electron chi connectivity index (χ4n) is 6.03. The van der Waals surface area contributed by atoms with Crippen LogP contribution >= 0.6 is 0 Å². The number of rotatable bonds is 10. The molecule has 5 heterocycles. The maximum Gasteiger partial charge on any atom is 0.375 e. The molecule has 13 heteroatoms. The molecule has 0 aliphatic carbocycles. The predicted octanol–water partition coefficient (Wildman–Crippen LogP) is 4.11. The van der Waals surface area contributed by atoms with Crippen molar-refractivity contribution < 1.29 is 14.7 Å². The molecular formula is C34H34N10O3. The largest absolute Gasteiger partial charge is 0.475 e. The third-order valence-electron chi connectivity index (χ3n) is 8.59. The summed E-state index contributed by atoms with van der Waals surface area (Å²) >= 11 is 0. The monoisotopic (exact) mass is 630 g/mol. The second-order valence-electron chi connectivity index (χ2n) is 11.8. The van der Waals surface area contributed by atoms with E-state index in [1.165, 1.54) is 16.7 Å². The van der Waals surface area contributed by atoms with Gasteiger partial charge in [0.05, 0.1) is 22.6 Å². The molecule has 4 aromatic heterocycles. The number of amides is 1. The first-order chi connectivity index (χ1) is 22.9. The number of carbonyl (C=O) groups is 2. The molecule has 2 atom stereocenters. The number of aryl methyl sites for hydroxylation is 1. The van der Waals surface area contributed by atoms with Gasteiger partial charge in [-0.3, -0.25) is 4.79 Å². The second kappa shape index (κ2) is 12.5. The first kappa shape index (κ1) is 29.8. The van der Waals surface area contributed by atoms with E-state index in [4.69, 9.17) is 10.1 Å². The smallest absolute Gasteiger partial charge is 0.375 e. The molecule has 1 saturated heterocycles. The summed E-state index contributed by atoms with van der Waals surface area (Å²) in [5.74, 6) is -0.391. The van der Waals surface area contributed by atoms with Crippen LogP contribution in [0.5, 0.6) is 0 Å². The number of carboxylic acid groups (broad SMARTS) is 1. The molecule has 1 aliphatic heterocycles. The third kappa shape index (κ3) is 6.07. The van der Waals surface area contributed by atoms with Crippen LogP contribution in [0.3, 0.4) is 0 Å². The predicted molar refractivity (Wildman–Crippen MR) is 174 cm³/mol. The molecule has 2 aromatic carbocycles. The molecule has 2 N–H and O–H groups in total. The fraction of sp³-hybridized carbons (Fsp3) is 0.265. The van der Waals surface area contributed by atoms with E-state index in [0.717, 1.165) is 59.8 Å². The number of para-hydroxylation sites is 1. The molecule has 1 unspecified atom stereocenters. The van der Waals surface area contributed by atoms with Crippen molar-refractivity contribution >= 4 is 23.2 Å². The summed E-state index contributed by atoms with van der Waals surface area (Å²) in [6, 6.07) is 21.8. The molecule has 1 aliphatic rings. The highest BCUT2D eigenvalue weighted by atomic mass is 16.4. The maximum absolute atomic E-state index is 13.0. The lowest BCUT2D eigenvalue weighted by Crippen LogP contribution is -2.37. The van der Waals surface area contributed by atoms with Gasteiger partial charge in [0.15, 0.2) is 5.82 Å². The summed E-state index contributed by atoms with van der Waals surface area (Å²) < 4.78 is 5.31. The average molecular weight is 631 g/mol. The van der Waals surface area contributed by atoms with Crippen molar-refractivity contribution in [2.75, 3.05) is 18.0 Å². The van der Waals surface area contributed by atoms with Crippen LogP contribution in [0, 0.1) is 0 Å². The van der Waals surface area contributed by atoms with Crippen LogP contribution in [0.15, 0.2) is 85.6 Å². The van der Waals surface area contributed by atoms with Crippen LogP contribution in [0.25, 0.3) is 16.9 Å². The lowest BCUT2D eigenvalue weighted by molar-refractivity contribution is 0.0683. The summed E-state index contributed by atoms with van der Waals surface area (Å²) in [5.41, 5.74) is 5.97. The Kier molecular flexibility index (Phi) is 7.94. The molecule has 1 fully saturated rings. The van der Waals surface area contributed by atoms with Crippen molar-refractivity contribution in [3.05, 3.63) is 114 Å². The maximum atomic E-state index is 13.0. The van der Waals surface area contributed by atoms with E-state index in [9.17, 15) is 9.59 Å². The summed E-state index contributed by atoms with van der Waals surface area (Å²) in [6.07, 6.45) is 7.49. The fourth-order valence-corrected chi connectivity index (χ4v) is 6.03. The SMILES string of the molecule is CCc1cn2c(CC(C)c3ccc(-n4cnc(C(=O)O)n4)cc3)ccc2c(N2CC[C@H](NC(=O)c3ncn(-c4ccccc4)n3)C2)n1. The minimum Gasteiger partial charge on any atom is -0.475 e. The van der Waals surface area contributed by atoms with Gasteiger partial charge in [0.2, 0.25) is 5.82 Å². The minimum absolute atomic E-state index is 0.0519. The van der Waals surface area contributed by atoms with E-state index < -0.39 is 5.97 Å². The Balaban J connectivity index is 1.04. The molecule has 47 heavy (non-hydrogen) atoms. The first-order valence-electron chi connectivity index (χ1n) is 15.6. The average Bonchev–Trinajstić information content (AvgIpc) is 3.92. The van der Waals surface area contributed by atoms with E-state index in [-0.39, 0.29) is 29.5 Å². The second-order valence-corrected chi connectivity index (χ2v) is 11.8. The number of aromatic nitrogens is 8. The van der Waals surface area contributed by atoms with Crippen LogP contribution in [-0.2, 0) is 12.8 Å². The minimum atomic E-state index is -1.16. The number of hydrogen-bond donors (Lipinski definition) is 2. The molecule has 0 radical (unpaired) electrons. The Hall–Kier alpha value is -5.85. The summed E-state index contributed by atoms with van der Waals surface area (Å²) in [5, 5.41) is 20.6. The van der Waals surface area contributed by atoms with Gasteiger partial charge in [-0.05, 0) is 67.1 Å². The van der Waals surface area contributed by atoms with Gasteiger partial charge in [-0.2, -0.15) is 0 Å². The Bertz CT molecular complexity index is 2050. The molecule has 0 saturated carbocycles. The van der Waals surface area contributed by atoms with Gasteiger partial charge < -0.3 is 19.7 Å². The summed E-state index contributed by atoms with van der Waals surface area (Å²) in [6.45, 7) is 5.72. The Morgan fingerprint density at radius 1 is 0.936 bits per heavy atom. The Morgan fingerprint density at radius 3 is 2.34 bits per heavy atom. The number of nitrogens with zero attached hydrogens (tertiary/aromatic N) is 9. The van der Waals surface area contributed by atoms with Gasteiger partial charge in [0.1, 0.15) is 12.7 Å². The number of carbonyl (C=O) groups excluding carboxylic acids is 1. The zero-order valence-electron chi connectivity index (χ0n) is 26.1. The number of anilines is 1. The highest BCUT2D eigenvalue weighted by Crippen LogP contribution is 2.29. The van der Waals surface area contributed by atoms with Crippen LogP contribution in [0.4, 0.5) is 5.82 Å². The third-order valence-corrected chi connectivity index (χ3v) is 8.59. The highest BCUT2D eigenvalue weighted by molar-refractivity contribution is 5.90. The molecule has 6 aromatic rings. The first-order valence-corrected chi connectivity index (χ1v) is 15.6. The van der Waals surface area contributed by atoms with Gasteiger partial charge >= 0.3 is 5.97 Å². The van der Waals surface area contributed by atoms with Gasteiger partial charge in [-0.15, -0.1) is 10.2 Å². The van der Waals surface area contributed by atoms with Gasteiger partial charge in [0.25, 0.3) is 11.7 Å². The number of nitrogens with one attached hydrogen (secondary N) is 1. The molecule has 0 bridgehead atoms. The standard InChI is InChI=1S/C34H34N10O3/c1-3-24-19-42-28(17-22(2)23-9-11-27(12-10-23)44-21-36-31(40-44)34(46)47)13-14-29(42)32(37-24)41-16-15-25(18-41)38-33(45)30-35-20-43(39-30)26-7-5-4-6-8-26/h4-14,19-22,25H,3,15-18H2,1-2H3,(H,38,45)(H,46,47)/t22?,25-/m0/s1. The van der Waals surface area contributed by atoms with Crippen LogP contribution in [0.1, 0.15) is 64.4 Å². The molecule has 0 spiro atoms. The number of fused-ring (bicyclic) bond motifs is 1. The normalized spacial score (nSPS) is 15.3. The molecule has 13 nitrogen and oxygen atoms in total. The van der Waals surface area contributed by atoms with Crippen molar-refractivity contribution in [3.8, 4) is 11.4 Å². The van der Waals surface area contributed by atoms with E-state index in [1.54, 1.807) is 11.0 Å². The van der Waals surface area contributed by atoms with Crippen molar-refractivity contribution in [2.24, 2.45) is 0 Å². The van der Waals surface area contributed by atoms with E-state index >= 15 is 0 Å². The lowest BCUT2D eigenvalue weighted by atomic mass is 9.96. The van der Waals surface area contributed by atoms with Crippen molar-refractivity contribution in [2.45, 2.75) is 45.1 Å². The Morgan fingerprint density at radius 2 is 1.64 bits per heavy atom. The number of benzene rings is 2.